The second kappa shape index (κ2) is 5.67. The van der Waals surface area contributed by atoms with Crippen LogP contribution in [0.5, 0.6) is 5.88 Å². The quantitative estimate of drug-likeness (QED) is 0.869. The van der Waals surface area contributed by atoms with Crippen molar-refractivity contribution in [3.8, 4) is 5.88 Å². The van der Waals surface area contributed by atoms with E-state index in [2.05, 4.69) is 24.1 Å². The van der Waals surface area contributed by atoms with Gasteiger partial charge in [0.05, 0.1) is 18.8 Å². The third-order valence-corrected chi connectivity index (χ3v) is 3.26. The van der Waals surface area contributed by atoms with Gasteiger partial charge in [-0.3, -0.25) is 0 Å². The van der Waals surface area contributed by atoms with E-state index >= 15 is 0 Å². The topological polar surface area (TPSA) is 43.4 Å². The van der Waals surface area contributed by atoms with Crippen molar-refractivity contribution in [3.63, 3.8) is 0 Å². The molecule has 4 nitrogen and oxygen atoms in total. The lowest BCUT2D eigenvalue weighted by Gasteiger charge is -2.19. The van der Waals surface area contributed by atoms with Crippen LogP contribution in [-0.4, -0.2) is 30.3 Å². The van der Waals surface area contributed by atoms with E-state index in [4.69, 9.17) is 9.47 Å². The molecule has 2 rings (SSSR count). The smallest absolute Gasteiger partial charge is 0.212 e. The maximum absolute atomic E-state index is 5.93. The third kappa shape index (κ3) is 3.68. The average Bonchev–Trinajstić information content (AvgIpc) is 2.70. The Bertz CT molecular complexity index is 376. The minimum atomic E-state index is 0.0496. The van der Waals surface area contributed by atoms with Crippen LogP contribution in [0.3, 0.4) is 0 Å². The summed E-state index contributed by atoms with van der Waals surface area (Å²) in [4.78, 5) is 4.18. The van der Waals surface area contributed by atoms with Gasteiger partial charge in [0.15, 0.2) is 0 Å². The van der Waals surface area contributed by atoms with Crippen molar-refractivity contribution >= 4 is 0 Å². The summed E-state index contributed by atoms with van der Waals surface area (Å²) in [5.41, 5.74) is 1.21. The summed E-state index contributed by atoms with van der Waals surface area (Å²) >= 11 is 0. The monoisotopic (exact) mass is 250 g/mol. The predicted molar refractivity (Wildman–Crippen MR) is 70.7 cm³/mol. The van der Waals surface area contributed by atoms with E-state index in [-0.39, 0.29) is 5.60 Å². The van der Waals surface area contributed by atoms with Gasteiger partial charge in [-0.2, -0.15) is 0 Å². The molecule has 2 heterocycles. The van der Waals surface area contributed by atoms with Crippen LogP contribution in [0.2, 0.25) is 0 Å². The molecule has 0 saturated carbocycles. The molecule has 1 aliphatic heterocycles. The summed E-state index contributed by atoms with van der Waals surface area (Å²) in [5.74, 6) is 0.652. The summed E-state index contributed by atoms with van der Waals surface area (Å²) in [6.45, 7) is 6.02. The molecule has 0 amide bonds. The third-order valence-electron chi connectivity index (χ3n) is 3.26. The standard InChI is InChI=1S/C14H22N2O2/c1-14(2)7-6-12(18-14)10-15-8-11-4-5-13(17-3)16-9-11/h4-5,9,12,15H,6-8,10H2,1-3H3. The number of methoxy groups -OCH3 is 1. The molecular weight excluding hydrogens is 228 g/mol. The second-order valence-electron chi connectivity index (χ2n) is 5.38. The Balaban J connectivity index is 1.72. The van der Waals surface area contributed by atoms with Gasteiger partial charge in [0.25, 0.3) is 0 Å². The van der Waals surface area contributed by atoms with E-state index in [0.29, 0.717) is 12.0 Å². The van der Waals surface area contributed by atoms with Crippen molar-refractivity contribution in [1.82, 2.24) is 10.3 Å². The molecule has 1 saturated heterocycles. The lowest BCUT2D eigenvalue weighted by molar-refractivity contribution is -0.0142. The largest absolute Gasteiger partial charge is 0.481 e. The first-order valence-electron chi connectivity index (χ1n) is 6.46. The van der Waals surface area contributed by atoms with E-state index < -0.39 is 0 Å². The molecule has 0 aromatic carbocycles. The lowest BCUT2D eigenvalue weighted by atomic mass is 10.1. The Hall–Kier alpha value is -1.13. The number of aromatic nitrogens is 1. The van der Waals surface area contributed by atoms with Crippen molar-refractivity contribution in [2.75, 3.05) is 13.7 Å². The molecule has 1 unspecified atom stereocenters. The van der Waals surface area contributed by atoms with E-state index in [9.17, 15) is 0 Å². The number of ether oxygens (including phenoxy) is 2. The molecule has 1 fully saturated rings. The van der Waals surface area contributed by atoms with Gasteiger partial charge >= 0.3 is 0 Å². The van der Waals surface area contributed by atoms with E-state index in [0.717, 1.165) is 31.5 Å². The van der Waals surface area contributed by atoms with Crippen LogP contribution < -0.4 is 10.1 Å². The zero-order valence-corrected chi connectivity index (χ0v) is 11.4. The van der Waals surface area contributed by atoms with Gasteiger partial charge < -0.3 is 14.8 Å². The maximum Gasteiger partial charge on any atom is 0.212 e. The molecule has 1 aromatic rings. The van der Waals surface area contributed by atoms with Crippen LogP contribution in [0.15, 0.2) is 18.3 Å². The van der Waals surface area contributed by atoms with E-state index in [1.807, 2.05) is 18.3 Å². The zero-order valence-electron chi connectivity index (χ0n) is 11.4. The highest BCUT2D eigenvalue weighted by atomic mass is 16.5. The number of nitrogens with one attached hydrogen (secondary N) is 1. The Kier molecular flexibility index (Phi) is 4.19. The Labute approximate surface area is 109 Å². The molecule has 0 spiro atoms. The van der Waals surface area contributed by atoms with Crippen molar-refractivity contribution in [3.05, 3.63) is 23.9 Å². The fourth-order valence-electron chi connectivity index (χ4n) is 2.24. The summed E-state index contributed by atoms with van der Waals surface area (Å²) in [6, 6.07) is 3.91. The van der Waals surface area contributed by atoms with Crippen LogP contribution >= 0.6 is 0 Å². The molecular formula is C14H22N2O2. The molecule has 4 heteroatoms. The minimum absolute atomic E-state index is 0.0496. The molecule has 0 radical (unpaired) electrons. The summed E-state index contributed by atoms with van der Waals surface area (Å²) in [7, 11) is 1.62. The number of pyridine rings is 1. The zero-order chi connectivity index (χ0) is 13.0. The summed E-state index contributed by atoms with van der Waals surface area (Å²) in [6.07, 6.45) is 4.46. The van der Waals surface area contributed by atoms with E-state index in [1.54, 1.807) is 7.11 Å². The lowest BCUT2D eigenvalue weighted by Crippen LogP contribution is -2.29. The van der Waals surface area contributed by atoms with Crippen LogP contribution in [0, 0.1) is 0 Å². The van der Waals surface area contributed by atoms with Gasteiger partial charge in [0, 0.05) is 25.4 Å². The van der Waals surface area contributed by atoms with Gasteiger partial charge in [-0.15, -0.1) is 0 Å². The first-order chi connectivity index (χ1) is 8.59. The fourth-order valence-corrected chi connectivity index (χ4v) is 2.24. The highest BCUT2D eigenvalue weighted by Gasteiger charge is 2.30. The fraction of sp³-hybridized carbons (Fsp3) is 0.643. The highest BCUT2D eigenvalue weighted by molar-refractivity contribution is 5.17. The van der Waals surface area contributed by atoms with Crippen molar-refractivity contribution in [1.29, 1.82) is 0 Å². The van der Waals surface area contributed by atoms with Gasteiger partial charge in [-0.25, -0.2) is 4.98 Å². The first-order valence-corrected chi connectivity index (χ1v) is 6.46. The molecule has 1 aromatic heterocycles. The van der Waals surface area contributed by atoms with E-state index in [1.165, 1.54) is 0 Å². The number of rotatable bonds is 5. The van der Waals surface area contributed by atoms with Crippen LogP contribution in [0.4, 0.5) is 0 Å². The van der Waals surface area contributed by atoms with Gasteiger partial charge in [0.2, 0.25) is 5.88 Å². The predicted octanol–water partition coefficient (Wildman–Crippen LogP) is 2.14. The molecule has 1 N–H and O–H groups in total. The van der Waals surface area contributed by atoms with Gasteiger partial charge in [-0.1, -0.05) is 6.07 Å². The van der Waals surface area contributed by atoms with Gasteiger partial charge in [-0.05, 0) is 32.3 Å². The summed E-state index contributed by atoms with van der Waals surface area (Å²) < 4.78 is 11.0. The van der Waals surface area contributed by atoms with Crippen molar-refractivity contribution < 1.29 is 9.47 Å². The van der Waals surface area contributed by atoms with Crippen molar-refractivity contribution in [2.45, 2.75) is 44.9 Å². The minimum Gasteiger partial charge on any atom is -0.481 e. The Morgan fingerprint density at radius 1 is 1.50 bits per heavy atom. The van der Waals surface area contributed by atoms with Crippen LogP contribution in [0.25, 0.3) is 0 Å². The van der Waals surface area contributed by atoms with Crippen molar-refractivity contribution in [2.24, 2.45) is 0 Å². The normalized spacial score (nSPS) is 22.1. The van der Waals surface area contributed by atoms with Crippen LogP contribution in [-0.2, 0) is 11.3 Å². The first kappa shape index (κ1) is 13.3. The maximum atomic E-state index is 5.93. The molecule has 0 aliphatic carbocycles. The summed E-state index contributed by atoms with van der Waals surface area (Å²) in [5, 5.41) is 3.41. The molecule has 0 bridgehead atoms. The van der Waals surface area contributed by atoms with Gasteiger partial charge in [0.1, 0.15) is 0 Å². The molecule has 18 heavy (non-hydrogen) atoms. The second-order valence-corrected chi connectivity index (χ2v) is 5.38. The Morgan fingerprint density at radius 3 is 2.89 bits per heavy atom. The number of nitrogens with zero attached hydrogens (tertiary/aromatic N) is 1. The average molecular weight is 250 g/mol. The van der Waals surface area contributed by atoms with Crippen LogP contribution in [0.1, 0.15) is 32.3 Å². The molecule has 1 aliphatic rings. The number of hydrogen-bond acceptors (Lipinski definition) is 4. The highest BCUT2D eigenvalue weighted by Crippen LogP contribution is 2.28. The Morgan fingerprint density at radius 2 is 2.33 bits per heavy atom. The SMILES string of the molecule is COc1ccc(CNCC2CCC(C)(C)O2)cn1. The molecule has 100 valence electrons. The number of hydrogen-bond donors (Lipinski definition) is 1. The molecule has 1 atom stereocenters.